The lowest BCUT2D eigenvalue weighted by Crippen LogP contribution is -2.37. The van der Waals surface area contributed by atoms with Gasteiger partial charge in [0.05, 0.1) is 17.5 Å². The third-order valence-corrected chi connectivity index (χ3v) is 6.36. The average molecular weight is 460 g/mol. The largest absolute Gasteiger partial charge is 0.346 e. The topological polar surface area (TPSA) is 96.0 Å². The fourth-order valence-electron chi connectivity index (χ4n) is 2.70. The molecule has 1 aromatic heterocycles. The summed E-state index contributed by atoms with van der Waals surface area (Å²) >= 11 is 2.43. The third-order valence-electron chi connectivity index (χ3n) is 4.34. The van der Waals surface area contributed by atoms with Crippen molar-refractivity contribution in [1.82, 2.24) is 15.5 Å². The molecule has 0 aliphatic rings. The molecule has 162 valence electrons. The Morgan fingerprint density at radius 3 is 2.52 bits per heavy atom. The highest BCUT2D eigenvalue weighted by Crippen LogP contribution is 2.31. The Hall–Kier alpha value is -2.98. The SMILES string of the molecule is Cc1cccc(C)c1NC(=O)CNC(=O)[C@@H](C)Sc1nnc(Nc2ccccc2F)s1. The van der Waals surface area contributed by atoms with E-state index in [1.165, 1.54) is 29.2 Å². The molecule has 2 aromatic carbocycles. The first kappa shape index (κ1) is 22.7. The van der Waals surface area contributed by atoms with Crippen LogP contribution in [-0.2, 0) is 9.59 Å². The fourth-order valence-corrected chi connectivity index (χ4v) is 4.63. The molecule has 7 nitrogen and oxygen atoms in total. The maximum atomic E-state index is 13.7. The van der Waals surface area contributed by atoms with E-state index < -0.39 is 5.25 Å². The van der Waals surface area contributed by atoms with Crippen molar-refractivity contribution in [1.29, 1.82) is 0 Å². The first-order chi connectivity index (χ1) is 14.8. The highest BCUT2D eigenvalue weighted by Gasteiger charge is 2.18. The number of carbonyl (C=O) groups excluding carboxylic acids is 2. The van der Waals surface area contributed by atoms with Crippen LogP contribution >= 0.6 is 23.1 Å². The van der Waals surface area contributed by atoms with Crippen molar-refractivity contribution in [3.8, 4) is 0 Å². The summed E-state index contributed by atoms with van der Waals surface area (Å²) < 4.78 is 14.3. The van der Waals surface area contributed by atoms with Gasteiger partial charge in [-0.3, -0.25) is 9.59 Å². The summed E-state index contributed by atoms with van der Waals surface area (Å²) in [5.41, 5.74) is 2.98. The molecule has 0 radical (unpaired) electrons. The van der Waals surface area contributed by atoms with E-state index in [2.05, 4.69) is 26.1 Å². The summed E-state index contributed by atoms with van der Waals surface area (Å²) in [6, 6.07) is 12.0. The number of thioether (sulfide) groups is 1. The van der Waals surface area contributed by atoms with Gasteiger partial charge in [0.15, 0.2) is 4.34 Å². The molecule has 0 fully saturated rings. The Kier molecular flexibility index (Phi) is 7.59. The van der Waals surface area contributed by atoms with Gasteiger partial charge in [-0.15, -0.1) is 10.2 Å². The molecule has 0 aliphatic heterocycles. The van der Waals surface area contributed by atoms with Crippen LogP contribution in [0.5, 0.6) is 0 Å². The Bertz CT molecular complexity index is 1070. The van der Waals surface area contributed by atoms with E-state index in [0.29, 0.717) is 15.2 Å². The number of amides is 2. The van der Waals surface area contributed by atoms with E-state index in [4.69, 9.17) is 0 Å². The highest BCUT2D eigenvalue weighted by molar-refractivity contribution is 8.02. The summed E-state index contributed by atoms with van der Waals surface area (Å²) in [6.07, 6.45) is 0. The zero-order valence-electron chi connectivity index (χ0n) is 17.2. The van der Waals surface area contributed by atoms with Crippen LogP contribution in [0.15, 0.2) is 46.8 Å². The zero-order chi connectivity index (χ0) is 22.4. The number of aryl methyl sites for hydroxylation is 2. The van der Waals surface area contributed by atoms with Crippen molar-refractivity contribution in [2.24, 2.45) is 0 Å². The minimum absolute atomic E-state index is 0.131. The summed E-state index contributed by atoms with van der Waals surface area (Å²) in [5.74, 6) is -0.977. The summed E-state index contributed by atoms with van der Waals surface area (Å²) in [7, 11) is 0. The van der Waals surface area contributed by atoms with Crippen LogP contribution in [0.1, 0.15) is 18.1 Å². The number of hydrogen-bond donors (Lipinski definition) is 3. The van der Waals surface area contributed by atoms with E-state index in [1.54, 1.807) is 25.1 Å². The summed E-state index contributed by atoms with van der Waals surface area (Å²) in [4.78, 5) is 24.6. The first-order valence-electron chi connectivity index (χ1n) is 9.49. The van der Waals surface area contributed by atoms with Gasteiger partial charge in [-0.1, -0.05) is 53.4 Å². The van der Waals surface area contributed by atoms with Gasteiger partial charge in [-0.05, 0) is 44.0 Å². The molecule has 3 aromatic rings. The molecule has 1 atom stereocenters. The lowest BCUT2D eigenvalue weighted by molar-refractivity contribution is -0.123. The molecule has 0 aliphatic carbocycles. The molecule has 3 N–H and O–H groups in total. The van der Waals surface area contributed by atoms with Gasteiger partial charge in [0.1, 0.15) is 5.82 Å². The standard InChI is InChI=1S/C21H22FN5O2S2/c1-12-7-6-8-13(2)18(12)25-17(28)11-23-19(29)14(3)30-21-27-26-20(31-21)24-16-10-5-4-9-15(16)22/h4-10,14H,11H2,1-3H3,(H,23,29)(H,24,26)(H,25,28)/t14-/m1/s1. The van der Waals surface area contributed by atoms with E-state index in [9.17, 15) is 14.0 Å². The normalized spacial score (nSPS) is 11.6. The minimum atomic E-state index is -0.484. The van der Waals surface area contributed by atoms with Crippen LogP contribution in [0.2, 0.25) is 0 Å². The Balaban J connectivity index is 1.49. The predicted molar refractivity (Wildman–Crippen MR) is 122 cm³/mol. The Morgan fingerprint density at radius 2 is 1.81 bits per heavy atom. The predicted octanol–water partition coefficient (Wildman–Crippen LogP) is 4.27. The lowest BCUT2D eigenvalue weighted by Gasteiger charge is -2.13. The van der Waals surface area contributed by atoms with Crippen LogP contribution in [0.4, 0.5) is 20.9 Å². The lowest BCUT2D eigenvalue weighted by atomic mass is 10.1. The number of aromatic nitrogens is 2. The van der Waals surface area contributed by atoms with Gasteiger partial charge in [-0.2, -0.15) is 0 Å². The van der Waals surface area contributed by atoms with Crippen LogP contribution in [0.3, 0.4) is 0 Å². The number of hydrogen-bond acceptors (Lipinski definition) is 7. The monoisotopic (exact) mass is 459 g/mol. The molecular formula is C21H22FN5O2S2. The number of nitrogens with one attached hydrogen (secondary N) is 3. The third kappa shape index (κ3) is 6.25. The second kappa shape index (κ2) is 10.4. The maximum absolute atomic E-state index is 13.7. The van der Waals surface area contributed by atoms with Gasteiger partial charge in [-0.25, -0.2) is 4.39 Å². The molecule has 0 bridgehead atoms. The second-order valence-corrected chi connectivity index (χ2v) is 9.34. The van der Waals surface area contributed by atoms with Crippen molar-refractivity contribution in [3.63, 3.8) is 0 Å². The molecule has 10 heteroatoms. The van der Waals surface area contributed by atoms with E-state index in [1.807, 2.05) is 32.0 Å². The molecule has 2 amide bonds. The molecule has 0 saturated heterocycles. The van der Waals surface area contributed by atoms with Crippen LogP contribution < -0.4 is 16.0 Å². The number of halogens is 1. The summed E-state index contributed by atoms with van der Waals surface area (Å²) in [5, 5.41) is 16.3. The molecule has 31 heavy (non-hydrogen) atoms. The van der Waals surface area contributed by atoms with Crippen LogP contribution in [-0.4, -0.2) is 33.8 Å². The second-order valence-electron chi connectivity index (χ2n) is 6.77. The molecular weight excluding hydrogens is 437 g/mol. The number of para-hydroxylation sites is 2. The number of rotatable bonds is 8. The smallest absolute Gasteiger partial charge is 0.243 e. The van der Waals surface area contributed by atoms with E-state index in [0.717, 1.165) is 16.8 Å². The quantitative estimate of drug-likeness (QED) is 0.435. The fraction of sp³-hybridized carbons (Fsp3) is 0.238. The van der Waals surface area contributed by atoms with Crippen molar-refractivity contribution in [2.75, 3.05) is 17.2 Å². The molecule has 0 spiro atoms. The summed E-state index contributed by atoms with van der Waals surface area (Å²) in [6.45, 7) is 5.41. The number of nitrogens with zero attached hydrogens (tertiary/aromatic N) is 2. The van der Waals surface area contributed by atoms with Crippen molar-refractivity contribution in [3.05, 3.63) is 59.4 Å². The van der Waals surface area contributed by atoms with Gasteiger partial charge in [0.2, 0.25) is 16.9 Å². The molecule has 0 saturated carbocycles. The number of benzene rings is 2. The van der Waals surface area contributed by atoms with Gasteiger partial charge in [0.25, 0.3) is 0 Å². The van der Waals surface area contributed by atoms with Crippen LogP contribution in [0.25, 0.3) is 0 Å². The van der Waals surface area contributed by atoms with Crippen molar-refractivity contribution >= 4 is 51.4 Å². The van der Waals surface area contributed by atoms with E-state index in [-0.39, 0.29) is 24.2 Å². The highest BCUT2D eigenvalue weighted by atomic mass is 32.2. The number of carbonyl (C=O) groups is 2. The molecule has 0 unspecified atom stereocenters. The van der Waals surface area contributed by atoms with E-state index >= 15 is 0 Å². The van der Waals surface area contributed by atoms with Crippen molar-refractivity contribution < 1.29 is 14.0 Å². The van der Waals surface area contributed by atoms with Gasteiger partial charge < -0.3 is 16.0 Å². The Labute approximate surface area is 187 Å². The van der Waals surface area contributed by atoms with Gasteiger partial charge in [0, 0.05) is 5.69 Å². The van der Waals surface area contributed by atoms with Gasteiger partial charge >= 0.3 is 0 Å². The maximum Gasteiger partial charge on any atom is 0.243 e. The van der Waals surface area contributed by atoms with Crippen molar-refractivity contribution in [2.45, 2.75) is 30.4 Å². The first-order valence-corrected chi connectivity index (χ1v) is 11.2. The molecule has 3 rings (SSSR count). The molecule has 1 heterocycles. The van der Waals surface area contributed by atoms with Crippen LogP contribution in [0, 0.1) is 19.7 Å². The Morgan fingerprint density at radius 1 is 1.10 bits per heavy atom. The zero-order valence-corrected chi connectivity index (χ0v) is 18.9. The average Bonchev–Trinajstić information content (AvgIpc) is 3.17. The number of anilines is 3. The minimum Gasteiger partial charge on any atom is -0.346 e.